The Labute approximate surface area is 120 Å². The molecule has 0 bridgehead atoms. The van der Waals surface area contributed by atoms with Gasteiger partial charge in [-0.25, -0.2) is 18.1 Å². The number of nitrogens with one attached hydrogen (secondary N) is 2. The molecule has 0 unspecified atom stereocenters. The monoisotopic (exact) mass is 301 g/mol. The van der Waals surface area contributed by atoms with Crippen molar-refractivity contribution in [3.05, 3.63) is 11.4 Å². The van der Waals surface area contributed by atoms with Gasteiger partial charge in [-0.15, -0.1) is 10.2 Å². The zero-order chi connectivity index (χ0) is 15.0. The summed E-state index contributed by atoms with van der Waals surface area (Å²) in [7, 11) is -3.44. The molecule has 0 fully saturated rings. The first-order valence-electron chi connectivity index (χ1n) is 6.96. The molecule has 0 saturated heterocycles. The average Bonchev–Trinajstić information content (AvgIpc) is 2.43. The molecule has 1 heterocycles. The summed E-state index contributed by atoms with van der Waals surface area (Å²) in [5.74, 6) is 0.0439. The molecule has 8 heteroatoms. The maximum Gasteiger partial charge on any atom is 0.256 e. The lowest BCUT2D eigenvalue weighted by Crippen LogP contribution is -2.28. The van der Waals surface area contributed by atoms with Crippen LogP contribution in [0.4, 0.5) is 5.95 Å². The number of anilines is 1. The van der Waals surface area contributed by atoms with Crippen molar-refractivity contribution in [1.29, 1.82) is 0 Å². The maximum absolute atomic E-state index is 11.9. The highest BCUT2D eigenvalue weighted by Crippen LogP contribution is 2.08. The van der Waals surface area contributed by atoms with Crippen LogP contribution in [0.2, 0.25) is 0 Å². The van der Waals surface area contributed by atoms with E-state index in [1.54, 1.807) is 0 Å². The molecule has 0 radical (unpaired) electrons. The number of sulfonamides is 1. The van der Waals surface area contributed by atoms with Gasteiger partial charge >= 0.3 is 0 Å². The van der Waals surface area contributed by atoms with Crippen LogP contribution in [0, 0.1) is 0 Å². The molecule has 114 valence electrons. The Morgan fingerprint density at radius 1 is 1.00 bits per heavy atom. The summed E-state index contributed by atoms with van der Waals surface area (Å²) in [5, 5.41) is 10.9. The van der Waals surface area contributed by atoms with E-state index in [2.05, 4.69) is 25.2 Å². The van der Waals surface area contributed by atoms with E-state index in [1.807, 2.05) is 20.8 Å². The average molecular weight is 301 g/mol. The van der Waals surface area contributed by atoms with Crippen LogP contribution in [-0.4, -0.2) is 42.4 Å². The van der Waals surface area contributed by atoms with Crippen molar-refractivity contribution in [1.82, 2.24) is 20.5 Å². The van der Waals surface area contributed by atoms with Crippen LogP contribution < -0.4 is 10.0 Å². The highest BCUT2D eigenvalue weighted by molar-refractivity contribution is 7.92. The van der Waals surface area contributed by atoms with E-state index in [0.717, 1.165) is 30.8 Å². The summed E-state index contributed by atoms with van der Waals surface area (Å²) in [6.07, 6.45) is 2.40. The third-order valence-corrected chi connectivity index (χ3v) is 3.97. The van der Waals surface area contributed by atoms with Crippen molar-refractivity contribution in [2.75, 3.05) is 23.6 Å². The highest BCUT2D eigenvalue weighted by Gasteiger charge is 2.13. The van der Waals surface area contributed by atoms with E-state index >= 15 is 0 Å². The topological polar surface area (TPSA) is 96.9 Å². The molecule has 1 aromatic heterocycles. The minimum Gasteiger partial charge on any atom is -0.316 e. The van der Waals surface area contributed by atoms with Gasteiger partial charge in [-0.3, -0.25) is 0 Å². The fourth-order valence-electron chi connectivity index (χ4n) is 1.68. The second kappa shape index (κ2) is 8.11. The van der Waals surface area contributed by atoms with Crippen LogP contribution in [0.3, 0.4) is 0 Å². The highest BCUT2D eigenvalue weighted by atomic mass is 32.2. The molecule has 7 nitrogen and oxygen atoms in total. The molecule has 0 aliphatic carbocycles. The number of nitrogens with zero attached hydrogens (tertiary/aromatic N) is 3. The molecular weight excluding hydrogens is 278 g/mol. The van der Waals surface area contributed by atoms with E-state index in [9.17, 15) is 8.42 Å². The van der Waals surface area contributed by atoms with Crippen LogP contribution in [0.25, 0.3) is 0 Å². The number of hydrogen-bond donors (Lipinski definition) is 2. The fraction of sp³-hybridized carbons (Fsp3) is 0.750. The third-order valence-electron chi connectivity index (χ3n) is 2.73. The molecule has 20 heavy (non-hydrogen) atoms. The van der Waals surface area contributed by atoms with Crippen LogP contribution >= 0.6 is 0 Å². The molecule has 0 spiro atoms. The quantitative estimate of drug-likeness (QED) is 0.653. The zero-order valence-corrected chi connectivity index (χ0v) is 13.1. The molecule has 1 aromatic rings. The Morgan fingerprint density at radius 2 is 1.70 bits per heavy atom. The summed E-state index contributed by atoms with van der Waals surface area (Å²) in [6, 6.07) is 0. The molecule has 0 aromatic carbocycles. The number of aryl methyl sites for hydroxylation is 2. The number of rotatable bonds is 9. The van der Waals surface area contributed by atoms with Crippen molar-refractivity contribution >= 4 is 16.0 Å². The van der Waals surface area contributed by atoms with Gasteiger partial charge in [-0.2, -0.15) is 0 Å². The van der Waals surface area contributed by atoms with Crippen molar-refractivity contribution in [2.45, 2.75) is 40.0 Å². The van der Waals surface area contributed by atoms with E-state index in [4.69, 9.17) is 0 Å². The van der Waals surface area contributed by atoms with Crippen molar-refractivity contribution < 1.29 is 8.42 Å². The number of hydrogen-bond acceptors (Lipinski definition) is 6. The molecule has 0 amide bonds. The molecule has 0 saturated carbocycles. The van der Waals surface area contributed by atoms with Gasteiger partial charge in [0.1, 0.15) is 0 Å². The largest absolute Gasteiger partial charge is 0.316 e. The van der Waals surface area contributed by atoms with Gasteiger partial charge in [-0.1, -0.05) is 20.8 Å². The van der Waals surface area contributed by atoms with Crippen molar-refractivity contribution in [3.63, 3.8) is 0 Å². The fourth-order valence-corrected chi connectivity index (χ4v) is 2.56. The van der Waals surface area contributed by atoms with Gasteiger partial charge in [0.2, 0.25) is 10.0 Å². The Hall–Kier alpha value is -1.28. The SMILES string of the molecule is CCCNCCS(=O)(=O)Nc1nnc(CC)c(CC)n1. The number of aromatic nitrogens is 3. The van der Waals surface area contributed by atoms with Gasteiger partial charge in [-0.05, 0) is 25.8 Å². The summed E-state index contributed by atoms with van der Waals surface area (Å²) >= 11 is 0. The first-order chi connectivity index (χ1) is 9.52. The zero-order valence-electron chi connectivity index (χ0n) is 12.3. The lowest BCUT2D eigenvalue weighted by molar-refractivity contribution is 0.594. The molecule has 0 aliphatic heterocycles. The van der Waals surface area contributed by atoms with Gasteiger partial charge in [0.05, 0.1) is 17.1 Å². The summed E-state index contributed by atoms with van der Waals surface area (Å²) in [5.41, 5.74) is 1.59. The lowest BCUT2D eigenvalue weighted by atomic mass is 10.2. The van der Waals surface area contributed by atoms with Crippen LogP contribution in [0.1, 0.15) is 38.6 Å². The Bertz CT molecular complexity index is 519. The normalized spacial score (nSPS) is 11.6. The second-order valence-electron chi connectivity index (χ2n) is 4.41. The molecule has 0 aliphatic rings. The van der Waals surface area contributed by atoms with Crippen LogP contribution in [0.15, 0.2) is 0 Å². The first kappa shape index (κ1) is 16.8. The first-order valence-corrected chi connectivity index (χ1v) is 8.61. The van der Waals surface area contributed by atoms with Crippen molar-refractivity contribution in [3.8, 4) is 0 Å². The van der Waals surface area contributed by atoms with Gasteiger partial charge < -0.3 is 5.32 Å². The minimum atomic E-state index is -3.44. The molecule has 0 atom stereocenters. The third kappa shape index (κ3) is 5.38. The molecule has 2 N–H and O–H groups in total. The standard InChI is InChI=1S/C12H23N5O2S/c1-4-7-13-8-9-20(18,19)17-12-14-10(5-2)11(6-3)15-16-12/h13H,4-9H2,1-3H3,(H,14,16,17). The second-order valence-corrected chi connectivity index (χ2v) is 6.25. The Kier molecular flexibility index (Phi) is 6.80. The minimum absolute atomic E-state index is 0.00660. The van der Waals surface area contributed by atoms with Crippen molar-refractivity contribution in [2.24, 2.45) is 0 Å². The summed E-state index contributed by atoms with van der Waals surface area (Å²) in [6.45, 7) is 7.16. The predicted molar refractivity (Wildman–Crippen MR) is 79.2 cm³/mol. The lowest BCUT2D eigenvalue weighted by Gasteiger charge is -2.09. The van der Waals surface area contributed by atoms with E-state index in [1.165, 1.54) is 0 Å². The van der Waals surface area contributed by atoms with E-state index < -0.39 is 10.0 Å². The maximum atomic E-state index is 11.9. The van der Waals surface area contributed by atoms with Gasteiger partial charge in [0, 0.05) is 6.54 Å². The van der Waals surface area contributed by atoms with E-state index in [-0.39, 0.29) is 11.7 Å². The predicted octanol–water partition coefficient (Wildman–Crippen LogP) is 0.738. The Balaban J connectivity index is 2.67. The molecular formula is C12H23N5O2S. The van der Waals surface area contributed by atoms with Crippen LogP contribution in [0.5, 0.6) is 0 Å². The molecule has 1 rings (SSSR count). The smallest absolute Gasteiger partial charge is 0.256 e. The van der Waals surface area contributed by atoms with Gasteiger partial charge in [0.15, 0.2) is 0 Å². The Morgan fingerprint density at radius 3 is 2.30 bits per heavy atom. The van der Waals surface area contributed by atoms with Gasteiger partial charge in [0.25, 0.3) is 5.95 Å². The summed E-state index contributed by atoms with van der Waals surface area (Å²) < 4.78 is 26.1. The van der Waals surface area contributed by atoms with Crippen LogP contribution in [-0.2, 0) is 22.9 Å². The van der Waals surface area contributed by atoms with E-state index in [0.29, 0.717) is 13.0 Å². The summed E-state index contributed by atoms with van der Waals surface area (Å²) in [4.78, 5) is 4.21.